The molecule has 3 heteroatoms. The van der Waals surface area contributed by atoms with Crippen LogP contribution < -0.4 is 5.73 Å². The lowest BCUT2D eigenvalue weighted by Crippen LogP contribution is -2.63. The summed E-state index contributed by atoms with van der Waals surface area (Å²) in [6, 6.07) is 0.822. The van der Waals surface area contributed by atoms with Crippen LogP contribution in [0.1, 0.15) is 45.4 Å². The molecule has 2 heterocycles. The van der Waals surface area contributed by atoms with Crippen LogP contribution in [0, 0.1) is 11.8 Å². The van der Waals surface area contributed by atoms with E-state index in [2.05, 4.69) is 11.8 Å². The number of nitrogens with zero attached hydrogens (tertiary/aromatic N) is 1. The van der Waals surface area contributed by atoms with Crippen LogP contribution in [0.3, 0.4) is 0 Å². The highest BCUT2D eigenvalue weighted by atomic mass is 16.5. The first kappa shape index (κ1) is 12.9. The number of likely N-dealkylation sites (tertiary alicyclic amines) is 1. The lowest BCUT2D eigenvalue weighted by Gasteiger charge is -2.51. The Morgan fingerprint density at radius 1 is 1.28 bits per heavy atom. The minimum atomic E-state index is 0.231. The molecule has 4 atom stereocenters. The van der Waals surface area contributed by atoms with E-state index >= 15 is 0 Å². The maximum Gasteiger partial charge on any atom is 0.0509 e. The van der Waals surface area contributed by atoms with E-state index in [0.29, 0.717) is 5.92 Å². The summed E-state index contributed by atoms with van der Waals surface area (Å²) in [6.07, 6.45) is 8.26. The van der Waals surface area contributed by atoms with Crippen LogP contribution in [0.4, 0.5) is 0 Å². The Bertz CT molecular complexity index is 296. The topological polar surface area (TPSA) is 38.5 Å². The van der Waals surface area contributed by atoms with Crippen molar-refractivity contribution < 1.29 is 4.74 Å². The Labute approximate surface area is 111 Å². The summed E-state index contributed by atoms with van der Waals surface area (Å²) in [5.41, 5.74) is 6.46. The molecule has 0 aromatic heterocycles. The average Bonchev–Trinajstić information content (AvgIpc) is 2.84. The van der Waals surface area contributed by atoms with Gasteiger partial charge in [0.2, 0.25) is 0 Å². The van der Waals surface area contributed by atoms with Gasteiger partial charge in [-0.1, -0.05) is 19.8 Å². The van der Waals surface area contributed by atoms with Gasteiger partial charge in [0.15, 0.2) is 0 Å². The molecular formula is C15H28N2O. The third kappa shape index (κ3) is 1.91. The summed E-state index contributed by atoms with van der Waals surface area (Å²) in [4.78, 5) is 2.81. The SMILES string of the molecule is CC1COCCC1(CN)N1CCC2CCCCC21. The molecule has 104 valence electrons. The van der Waals surface area contributed by atoms with Gasteiger partial charge in [0.25, 0.3) is 0 Å². The minimum Gasteiger partial charge on any atom is -0.381 e. The molecule has 2 aliphatic heterocycles. The molecule has 2 N–H and O–H groups in total. The zero-order chi connectivity index (χ0) is 12.6. The van der Waals surface area contributed by atoms with Crippen molar-refractivity contribution >= 4 is 0 Å². The van der Waals surface area contributed by atoms with Gasteiger partial charge >= 0.3 is 0 Å². The van der Waals surface area contributed by atoms with Crippen molar-refractivity contribution in [1.82, 2.24) is 4.90 Å². The molecule has 1 saturated carbocycles. The van der Waals surface area contributed by atoms with Crippen molar-refractivity contribution in [3.05, 3.63) is 0 Å². The summed E-state index contributed by atoms with van der Waals surface area (Å²) in [5.74, 6) is 1.54. The largest absolute Gasteiger partial charge is 0.381 e. The Hall–Kier alpha value is -0.120. The van der Waals surface area contributed by atoms with Gasteiger partial charge < -0.3 is 10.5 Å². The van der Waals surface area contributed by atoms with Crippen molar-refractivity contribution in [3.8, 4) is 0 Å². The first-order valence-electron chi connectivity index (χ1n) is 7.82. The van der Waals surface area contributed by atoms with E-state index in [4.69, 9.17) is 10.5 Å². The number of hydrogen-bond acceptors (Lipinski definition) is 3. The van der Waals surface area contributed by atoms with Crippen molar-refractivity contribution in [2.45, 2.75) is 57.0 Å². The molecule has 0 radical (unpaired) electrons. The quantitative estimate of drug-likeness (QED) is 0.817. The molecule has 3 aliphatic rings. The first-order chi connectivity index (χ1) is 8.78. The van der Waals surface area contributed by atoms with Gasteiger partial charge in [-0.05, 0) is 44.1 Å². The van der Waals surface area contributed by atoms with E-state index in [1.807, 2.05) is 0 Å². The monoisotopic (exact) mass is 252 g/mol. The maximum absolute atomic E-state index is 6.23. The number of ether oxygens (including phenoxy) is 1. The third-order valence-electron chi connectivity index (χ3n) is 5.90. The molecule has 18 heavy (non-hydrogen) atoms. The Morgan fingerprint density at radius 3 is 2.89 bits per heavy atom. The van der Waals surface area contributed by atoms with Crippen LogP contribution in [0.25, 0.3) is 0 Å². The highest BCUT2D eigenvalue weighted by molar-refractivity contribution is 5.04. The smallest absolute Gasteiger partial charge is 0.0509 e. The lowest BCUT2D eigenvalue weighted by molar-refractivity contribution is -0.0771. The van der Waals surface area contributed by atoms with Crippen LogP contribution in [0.2, 0.25) is 0 Å². The number of nitrogens with two attached hydrogens (primary N) is 1. The van der Waals surface area contributed by atoms with Gasteiger partial charge in [0.1, 0.15) is 0 Å². The summed E-state index contributed by atoms with van der Waals surface area (Å²) in [5, 5.41) is 0. The second-order valence-electron chi connectivity index (χ2n) is 6.63. The first-order valence-corrected chi connectivity index (χ1v) is 7.82. The highest BCUT2D eigenvalue weighted by Gasteiger charge is 2.49. The van der Waals surface area contributed by atoms with Crippen molar-refractivity contribution in [3.63, 3.8) is 0 Å². The van der Waals surface area contributed by atoms with Crippen LogP contribution >= 0.6 is 0 Å². The summed E-state index contributed by atoms with van der Waals surface area (Å²) in [6.45, 7) is 6.21. The highest BCUT2D eigenvalue weighted by Crippen LogP contribution is 2.44. The Balaban J connectivity index is 1.82. The van der Waals surface area contributed by atoms with E-state index < -0.39 is 0 Å². The molecule has 0 amide bonds. The van der Waals surface area contributed by atoms with Gasteiger partial charge in [-0.15, -0.1) is 0 Å². The molecular weight excluding hydrogens is 224 g/mol. The maximum atomic E-state index is 6.23. The number of hydrogen-bond donors (Lipinski definition) is 1. The Kier molecular flexibility index (Phi) is 3.65. The van der Waals surface area contributed by atoms with Crippen LogP contribution in [0.15, 0.2) is 0 Å². The molecule has 0 aromatic carbocycles. The molecule has 1 aliphatic carbocycles. The standard InChI is InChI=1S/C15H28N2O/c1-12-10-18-9-7-15(12,11-16)17-8-6-13-4-2-3-5-14(13)17/h12-14H,2-11,16H2,1H3. The fourth-order valence-electron chi connectivity index (χ4n) is 4.72. The van der Waals surface area contributed by atoms with Crippen molar-refractivity contribution in [2.24, 2.45) is 17.6 Å². The molecule has 4 unspecified atom stereocenters. The van der Waals surface area contributed by atoms with E-state index in [9.17, 15) is 0 Å². The second-order valence-corrected chi connectivity index (χ2v) is 6.63. The van der Waals surface area contributed by atoms with E-state index in [-0.39, 0.29) is 5.54 Å². The van der Waals surface area contributed by atoms with Gasteiger partial charge in [0.05, 0.1) is 6.61 Å². The number of rotatable bonds is 2. The lowest BCUT2D eigenvalue weighted by atomic mass is 9.77. The summed E-state index contributed by atoms with van der Waals surface area (Å²) >= 11 is 0. The predicted octanol–water partition coefficient (Wildman–Crippen LogP) is 2.00. The van der Waals surface area contributed by atoms with Gasteiger partial charge in [-0.25, -0.2) is 0 Å². The van der Waals surface area contributed by atoms with Crippen LogP contribution in [-0.2, 0) is 4.74 Å². The predicted molar refractivity (Wildman–Crippen MR) is 73.5 cm³/mol. The van der Waals surface area contributed by atoms with Gasteiger partial charge in [-0.3, -0.25) is 4.90 Å². The normalized spacial score (nSPS) is 46.0. The molecule has 0 bridgehead atoms. The average molecular weight is 252 g/mol. The summed E-state index contributed by atoms with van der Waals surface area (Å²) in [7, 11) is 0. The zero-order valence-electron chi connectivity index (χ0n) is 11.7. The molecule has 3 nitrogen and oxygen atoms in total. The fourth-order valence-corrected chi connectivity index (χ4v) is 4.72. The molecule has 0 spiro atoms. The van der Waals surface area contributed by atoms with Crippen molar-refractivity contribution in [2.75, 3.05) is 26.3 Å². The fraction of sp³-hybridized carbons (Fsp3) is 1.00. The van der Waals surface area contributed by atoms with E-state index in [1.165, 1.54) is 38.6 Å². The van der Waals surface area contributed by atoms with Gasteiger partial charge in [-0.2, -0.15) is 0 Å². The van der Waals surface area contributed by atoms with Crippen LogP contribution in [-0.4, -0.2) is 42.8 Å². The van der Waals surface area contributed by atoms with Gasteiger partial charge in [0, 0.05) is 24.7 Å². The molecule has 3 fully saturated rings. The molecule has 0 aromatic rings. The second kappa shape index (κ2) is 5.10. The van der Waals surface area contributed by atoms with E-state index in [0.717, 1.165) is 38.1 Å². The summed E-state index contributed by atoms with van der Waals surface area (Å²) < 4.78 is 5.65. The third-order valence-corrected chi connectivity index (χ3v) is 5.90. The Morgan fingerprint density at radius 2 is 2.11 bits per heavy atom. The van der Waals surface area contributed by atoms with E-state index in [1.54, 1.807) is 0 Å². The van der Waals surface area contributed by atoms with Crippen molar-refractivity contribution in [1.29, 1.82) is 0 Å². The number of fused-ring (bicyclic) bond motifs is 1. The zero-order valence-corrected chi connectivity index (χ0v) is 11.7. The molecule has 3 rings (SSSR count). The molecule has 2 saturated heterocycles. The van der Waals surface area contributed by atoms with Crippen LogP contribution in [0.5, 0.6) is 0 Å². The minimum absolute atomic E-state index is 0.231.